The summed E-state index contributed by atoms with van der Waals surface area (Å²) in [6.45, 7) is 4.60. The van der Waals surface area contributed by atoms with Gasteiger partial charge in [0.25, 0.3) is 0 Å². The zero-order valence-electron chi connectivity index (χ0n) is 28.1. The van der Waals surface area contributed by atoms with E-state index < -0.39 is 0 Å². The number of aromatic nitrogens is 4. The van der Waals surface area contributed by atoms with Crippen molar-refractivity contribution in [3.05, 3.63) is 71.3 Å². The molecule has 4 nitrogen and oxygen atoms in total. The first-order valence-corrected chi connectivity index (χ1v) is 19.7. The number of nitrogens with one attached hydrogen (secondary N) is 2. The van der Waals surface area contributed by atoms with Crippen LogP contribution in [0.15, 0.2) is 48.5 Å². The van der Waals surface area contributed by atoms with Crippen molar-refractivity contribution in [2.45, 2.75) is 128 Å². The Hall–Kier alpha value is -2.78. The molecule has 3 aromatic rings. The van der Waals surface area contributed by atoms with E-state index in [0.717, 1.165) is 49.4 Å². The van der Waals surface area contributed by atoms with Gasteiger partial charge in [-0.25, -0.2) is 9.97 Å². The van der Waals surface area contributed by atoms with Crippen LogP contribution in [0.4, 0.5) is 0 Å². The van der Waals surface area contributed by atoms with Crippen LogP contribution in [0.25, 0.3) is 46.4 Å². The van der Waals surface area contributed by atoms with Gasteiger partial charge < -0.3 is 9.97 Å². The zero-order valence-corrected chi connectivity index (χ0v) is 31.1. The number of rotatable bonds is 17. The monoisotopic (exact) mass is 655 g/mol. The molecular weight excluding hydrogens is 602 g/mol. The molecule has 0 saturated carbocycles. The van der Waals surface area contributed by atoms with E-state index in [2.05, 4.69) is 58.0 Å². The summed E-state index contributed by atoms with van der Waals surface area (Å²) in [4.78, 5) is 16.0. The topological polar surface area (TPSA) is 57.4 Å². The Morgan fingerprint density at radius 1 is 0.467 bits per heavy atom. The molecule has 5 heterocycles. The third kappa shape index (κ3) is 13.6. The first-order valence-electron chi connectivity index (χ1n) is 18.0. The number of unbranched alkanes of at least 4 members (excludes halogenated alkanes) is 13. The number of aromatic amines is 2. The van der Waals surface area contributed by atoms with Gasteiger partial charge in [-0.1, -0.05) is 0 Å². The molecule has 2 aliphatic rings. The van der Waals surface area contributed by atoms with Crippen LogP contribution in [-0.2, 0) is 18.3 Å². The Morgan fingerprint density at radius 3 is 1.07 bits per heavy atom. The standard InChI is InChI=1S/C20H14N4.C20H41.Zn/c1-2-14-10-16-5-6-18(23-16)12-20-8-7-19(24-20)11-17-4-3-15(22-17)9-13(1)21-14;1-3-5-7-9-11-13-15-17-19-20-18-16-14-12-10-8-6-4-2;/h1-12,21,24H;17H,3-16,18-20H2,1-2H3;. The van der Waals surface area contributed by atoms with Crippen molar-refractivity contribution in [1.29, 1.82) is 0 Å². The van der Waals surface area contributed by atoms with Crippen LogP contribution in [0.2, 0.25) is 4.51 Å². The molecule has 0 radical (unpaired) electrons. The number of H-pyrrole nitrogens is 2. The van der Waals surface area contributed by atoms with Gasteiger partial charge in [0, 0.05) is 22.1 Å². The molecule has 8 bridgehead atoms. The molecule has 1 unspecified atom stereocenters. The number of hydrogen-bond donors (Lipinski definition) is 2. The van der Waals surface area contributed by atoms with Crippen LogP contribution in [0.1, 0.15) is 146 Å². The molecular formula is C40H55N4Zn. The number of nitrogens with zero attached hydrogens (tertiary/aromatic N) is 2. The van der Waals surface area contributed by atoms with E-state index in [1.54, 1.807) is 0 Å². The van der Waals surface area contributed by atoms with E-state index in [1.807, 2.05) is 48.6 Å². The molecule has 237 valence electrons. The van der Waals surface area contributed by atoms with E-state index in [-0.39, 0.29) is 0 Å². The molecule has 0 amide bonds. The predicted molar refractivity (Wildman–Crippen MR) is 192 cm³/mol. The fraction of sp³-hybridized carbons (Fsp3) is 0.500. The first kappa shape index (κ1) is 35.1. The van der Waals surface area contributed by atoms with Crippen LogP contribution in [-0.4, -0.2) is 19.9 Å². The molecule has 5 heteroatoms. The molecule has 0 aliphatic carbocycles. The van der Waals surface area contributed by atoms with Crippen LogP contribution in [0, 0.1) is 0 Å². The van der Waals surface area contributed by atoms with Crippen molar-refractivity contribution >= 4 is 46.4 Å². The van der Waals surface area contributed by atoms with Gasteiger partial charge in [0.15, 0.2) is 0 Å². The summed E-state index contributed by atoms with van der Waals surface area (Å²) in [6.07, 6.45) is 33.2. The van der Waals surface area contributed by atoms with Gasteiger partial charge in [0.05, 0.1) is 22.8 Å². The third-order valence-electron chi connectivity index (χ3n) is 8.72. The van der Waals surface area contributed by atoms with Gasteiger partial charge in [0.2, 0.25) is 0 Å². The molecule has 2 N–H and O–H groups in total. The molecule has 45 heavy (non-hydrogen) atoms. The van der Waals surface area contributed by atoms with E-state index in [0.29, 0.717) is 0 Å². The molecule has 0 spiro atoms. The number of fused-ring (bicyclic) bond motifs is 8. The molecule has 3 aromatic heterocycles. The minimum absolute atomic E-state index is 0.939. The van der Waals surface area contributed by atoms with Crippen molar-refractivity contribution in [1.82, 2.24) is 19.9 Å². The Bertz CT molecular complexity index is 1320. The molecule has 1 atom stereocenters. The molecule has 5 rings (SSSR count). The summed E-state index contributed by atoms with van der Waals surface area (Å²) in [6, 6.07) is 16.4. The first-order chi connectivity index (χ1) is 22.1. The maximum absolute atomic E-state index is 4.63. The van der Waals surface area contributed by atoms with Crippen LogP contribution < -0.4 is 0 Å². The summed E-state index contributed by atoms with van der Waals surface area (Å²) >= 11 is 1.53. The van der Waals surface area contributed by atoms with Gasteiger partial charge in [-0.2, -0.15) is 0 Å². The summed E-state index contributed by atoms with van der Waals surface area (Å²) in [5.41, 5.74) is 7.86. The average Bonchev–Trinajstić information content (AvgIpc) is 3.85. The fourth-order valence-electron chi connectivity index (χ4n) is 6.04. The SMILES string of the molecule is C1=Cc2cc3ccc(cc4nc(cc5ccc(cc1n2)[nH]5)C=C4)[nH]3.CCCCCCCCCCC[CH]([Zn])CCCCCCCC. The summed E-state index contributed by atoms with van der Waals surface area (Å²) in [5.74, 6) is 0. The Kier molecular flexibility index (Phi) is 15.9. The zero-order chi connectivity index (χ0) is 31.5. The van der Waals surface area contributed by atoms with Gasteiger partial charge in [-0.15, -0.1) is 0 Å². The van der Waals surface area contributed by atoms with E-state index in [9.17, 15) is 0 Å². The Morgan fingerprint density at radius 2 is 0.756 bits per heavy atom. The maximum atomic E-state index is 4.63. The molecule has 0 saturated heterocycles. The fourth-order valence-corrected chi connectivity index (χ4v) is 7.26. The van der Waals surface area contributed by atoms with Crippen molar-refractivity contribution in [3.8, 4) is 0 Å². The van der Waals surface area contributed by atoms with Gasteiger partial charge in [-0.3, -0.25) is 0 Å². The molecule has 2 aliphatic heterocycles. The Labute approximate surface area is 282 Å². The van der Waals surface area contributed by atoms with Crippen molar-refractivity contribution in [2.24, 2.45) is 0 Å². The third-order valence-corrected chi connectivity index (χ3v) is 10.4. The second kappa shape index (κ2) is 20.4. The summed E-state index contributed by atoms with van der Waals surface area (Å²) < 4.78 is 1.10. The average molecular weight is 657 g/mol. The summed E-state index contributed by atoms with van der Waals surface area (Å²) in [7, 11) is 0. The second-order valence-corrected chi connectivity index (χ2v) is 15.4. The van der Waals surface area contributed by atoms with Crippen molar-refractivity contribution in [3.63, 3.8) is 0 Å². The Balaban J connectivity index is 0.000000208. The van der Waals surface area contributed by atoms with Crippen molar-refractivity contribution < 1.29 is 18.3 Å². The van der Waals surface area contributed by atoms with E-state index in [1.165, 1.54) is 127 Å². The van der Waals surface area contributed by atoms with Gasteiger partial charge in [-0.05, 0) is 72.8 Å². The molecule has 0 fully saturated rings. The predicted octanol–water partition coefficient (Wildman–Crippen LogP) is 12.6. The molecule has 0 aromatic carbocycles. The van der Waals surface area contributed by atoms with E-state index in [4.69, 9.17) is 0 Å². The quantitative estimate of drug-likeness (QED) is 0.0772. The van der Waals surface area contributed by atoms with Crippen LogP contribution in [0.5, 0.6) is 0 Å². The van der Waals surface area contributed by atoms with Gasteiger partial charge in [0.1, 0.15) is 0 Å². The van der Waals surface area contributed by atoms with Gasteiger partial charge >= 0.3 is 146 Å². The minimum atomic E-state index is 0.939. The van der Waals surface area contributed by atoms with Crippen LogP contribution in [0.3, 0.4) is 0 Å². The normalized spacial score (nSPS) is 12.7. The summed E-state index contributed by atoms with van der Waals surface area (Å²) in [5, 5.41) is 0. The second-order valence-electron chi connectivity index (χ2n) is 12.9. The van der Waals surface area contributed by atoms with E-state index >= 15 is 0 Å². The van der Waals surface area contributed by atoms with Crippen LogP contribution >= 0.6 is 0 Å². The number of hydrogen-bond acceptors (Lipinski definition) is 2. The van der Waals surface area contributed by atoms with Crippen molar-refractivity contribution in [2.75, 3.05) is 0 Å².